The number of carbonyl (C=O) groups excluding carboxylic acids is 1. The summed E-state index contributed by atoms with van der Waals surface area (Å²) in [5.41, 5.74) is 1.13. The lowest BCUT2D eigenvalue weighted by molar-refractivity contribution is 0.0946. The Morgan fingerprint density at radius 2 is 1.84 bits per heavy atom. The van der Waals surface area contributed by atoms with Gasteiger partial charge in [0.25, 0.3) is 5.91 Å². The van der Waals surface area contributed by atoms with E-state index >= 15 is 0 Å². The van der Waals surface area contributed by atoms with Crippen molar-refractivity contribution in [1.29, 1.82) is 0 Å². The summed E-state index contributed by atoms with van der Waals surface area (Å²) in [6.07, 6.45) is 4.18. The molecule has 0 aliphatic carbocycles. The van der Waals surface area contributed by atoms with Crippen molar-refractivity contribution in [2.24, 2.45) is 0 Å². The van der Waals surface area contributed by atoms with Crippen molar-refractivity contribution in [3.63, 3.8) is 0 Å². The standard InChI is InChI=1S/C17H20ClN3O3S/c18-14-6-4-13(5-7-14)11-20-17(22)16-10-15(12-19-16)25(23,24)21-8-2-1-3-9-21/h4-7,10,12,19H,1-3,8-9,11H2,(H,20,22). The lowest BCUT2D eigenvalue weighted by Gasteiger charge is -2.25. The van der Waals surface area contributed by atoms with Gasteiger partial charge in [0, 0.05) is 30.9 Å². The Hall–Kier alpha value is -1.83. The quantitative estimate of drug-likeness (QED) is 0.835. The molecule has 3 rings (SSSR count). The highest BCUT2D eigenvalue weighted by molar-refractivity contribution is 7.89. The summed E-state index contributed by atoms with van der Waals surface area (Å²) in [4.78, 5) is 15.1. The maximum Gasteiger partial charge on any atom is 0.268 e. The Bertz CT molecular complexity index is 840. The maximum atomic E-state index is 12.6. The molecule has 0 radical (unpaired) electrons. The van der Waals surface area contributed by atoms with Gasteiger partial charge in [-0.3, -0.25) is 4.79 Å². The third-order valence-corrected chi connectivity index (χ3v) is 6.35. The predicted molar refractivity (Wildman–Crippen MR) is 96.0 cm³/mol. The SMILES string of the molecule is O=C(NCc1ccc(Cl)cc1)c1cc(S(=O)(=O)N2CCCCC2)c[nH]1. The molecule has 1 saturated heterocycles. The second-order valence-electron chi connectivity index (χ2n) is 6.02. The first-order chi connectivity index (χ1) is 12.0. The minimum Gasteiger partial charge on any atom is -0.356 e. The fraction of sp³-hybridized carbons (Fsp3) is 0.353. The lowest BCUT2D eigenvalue weighted by Crippen LogP contribution is -2.35. The average Bonchev–Trinajstić information content (AvgIpc) is 3.13. The summed E-state index contributed by atoms with van der Waals surface area (Å²) in [5.74, 6) is -0.352. The number of carbonyl (C=O) groups is 1. The molecule has 1 aliphatic heterocycles. The second-order valence-corrected chi connectivity index (χ2v) is 8.40. The summed E-state index contributed by atoms with van der Waals surface area (Å²) in [6.45, 7) is 1.40. The maximum absolute atomic E-state index is 12.6. The van der Waals surface area contributed by atoms with Gasteiger partial charge in [0.1, 0.15) is 10.6 Å². The van der Waals surface area contributed by atoms with Crippen LogP contribution in [0.1, 0.15) is 35.3 Å². The van der Waals surface area contributed by atoms with Crippen LogP contribution in [0.2, 0.25) is 5.02 Å². The number of benzene rings is 1. The van der Waals surface area contributed by atoms with Crippen LogP contribution in [0.15, 0.2) is 41.4 Å². The molecule has 25 heavy (non-hydrogen) atoms. The smallest absolute Gasteiger partial charge is 0.268 e. The molecule has 1 aliphatic rings. The van der Waals surface area contributed by atoms with Gasteiger partial charge in [-0.05, 0) is 36.6 Å². The van der Waals surface area contributed by atoms with E-state index in [9.17, 15) is 13.2 Å². The molecular formula is C17H20ClN3O3S. The van der Waals surface area contributed by atoms with Gasteiger partial charge in [-0.25, -0.2) is 8.42 Å². The number of rotatable bonds is 5. The summed E-state index contributed by atoms with van der Waals surface area (Å²) >= 11 is 5.83. The summed E-state index contributed by atoms with van der Waals surface area (Å²) in [6, 6.07) is 8.54. The number of nitrogens with one attached hydrogen (secondary N) is 2. The highest BCUT2D eigenvalue weighted by Gasteiger charge is 2.27. The van der Waals surface area contributed by atoms with E-state index in [2.05, 4.69) is 10.3 Å². The van der Waals surface area contributed by atoms with Gasteiger partial charge < -0.3 is 10.3 Å². The fourth-order valence-corrected chi connectivity index (χ4v) is 4.43. The van der Waals surface area contributed by atoms with Crippen molar-refractivity contribution in [2.45, 2.75) is 30.7 Å². The largest absolute Gasteiger partial charge is 0.356 e. The molecule has 134 valence electrons. The Morgan fingerprint density at radius 1 is 1.16 bits per heavy atom. The fourth-order valence-electron chi connectivity index (χ4n) is 2.79. The third kappa shape index (κ3) is 4.23. The van der Waals surface area contributed by atoms with Crippen molar-refractivity contribution < 1.29 is 13.2 Å². The monoisotopic (exact) mass is 381 g/mol. The first kappa shape index (κ1) is 18.0. The molecule has 2 N–H and O–H groups in total. The Morgan fingerprint density at radius 3 is 2.52 bits per heavy atom. The highest BCUT2D eigenvalue weighted by Crippen LogP contribution is 2.21. The van der Waals surface area contributed by atoms with Crippen LogP contribution in [0.3, 0.4) is 0 Å². The zero-order valence-corrected chi connectivity index (χ0v) is 15.2. The van der Waals surface area contributed by atoms with Gasteiger partial charge in [0.05, 0.1) is 0 Å². The van der Waals surface area contributed by atoms with E-state index in [0.29, 0.717) is 24.7 Å². The van der Waals surface area contributed by atoms with Gasteiger partial charge in [-0.15, -0.1) is 0 Å². The van der Waals surface area contributed by atoms with Gasteiger partial charge in [0.15, 0.2) is 0 Å². The van der Waals surface area contributed by atoms with Crippen molar-refractivity contribution >= 4 is 27.5 Å². The van der Waals surface area contributed by atoms with E-state index in [4.69, 9.17) is 11.6 Å². The van der Waals surface area contributed by atoms with E-state index in [-0.39, 0.29) is 16.5 Å². The van der Waals surface area contributed by atoms with Crippen LogP contribution >= 0.6 is 11.6 Å². The molecule has 0 unspecified atom stereocenters. The Kier molecular flexibility index (Phi) is 5.46. The molecule has 1 aromatic heterocycles. The molecule has 0 bridgehead atoms. The van der Waals surface area contributed by atoms with Gasteiger partial charge in [-0.2, -0.15) is 4.31 Å². The highest BCUT2D eigenvalue weighted by atomic mass is 35.5. The van der Waals surface area contributed by atoms with E-state index < -0.39 is 10.0 Å². The number of hydrogen-bond acceptors (Lipinski definition) is 3. The van der Waals surface area contributed by atoms with Gasteiger partial charge in [0.2, 0.25) is 10.0 Å². The van der Waals surface area contributed by atoms with Crippen LogP contribution in [0, 0.1) is 0 Å². The number of sulfonamides is 1. The van der Waals surface area contributed by atoms with Crippen LogP contribution in [0.25, 0.3) is 0 Å². The number of H-pyrrole nitrogens is 1. The number of aromatic amines is 1. The van der Waals surface area contributed by atoms with Gasteiger partial charge >= 0.3 is 0 Å². The average molecular weight is 382 g/mol. The minimum absolute atomic E-state index is 0.131. The number of aromatic nitrogens is 1. The molecule has 1 fully saturated rings. The first-order valence-electron chi connectivity index (χ1n) is 8.18. The normalized spacial score (nSPS) is 15.9. The van der Waals surface area contributed by atoms with E-state index in [0.717, 1.165) is 24.8 Å². The number of amides is 1. The number of hydrogen-bond donors (Lipinski definition) is 2. The van der Waals surface area contributed by atoms with E-state index in [1.54, 1.807) is 12.1 Å². The van der Waals surface area contributed by atoms with Crippen LogP contribution in [-0.2, 0) is 16.6 Å². The molecule has 2 heterocycles. The molecule has 2 aromatic rings. The predicted octanol–water partition coefficient (Wildman–Crippen LogP) is 2.77. The van der Waals surface area contributed by atoms with Crippen molar-refractivity contribution in [2.75, 3.05) is 13.1 Å². The van der Waals surface area contributed by atoms with Crippen LogP contribution < -0.4 is 5.32 Å². The molecule has 1 amide bonds. The molecule has 6 nitrogen and oxygen atoms in total. The molecule has 8 heteroatoms. The van der Waals surface area contributed by atoms with Crippen LogP contribution in [-0.4, -0.2) is 36.7 Å². The molecule has 0 spiro atoms. The first-order valence-corrected chi connectivity index (χ1v) is 10.00. The zero-order chi connectivity index (χ0) is 17.9. The Labute approximate surface area is 152 Å². The third-order valence-electron chi connectivity index (χ3n) is 4.22. The van der Waals surface area contributed by atoms with Crippen molar-refractivity contribution in [3.05, 3.63) is 52.8 Å². The number of piperidine rings is 1. The summed E-state index contributed by atoms with van der Waals surface area (Å²) in [7, 11) is -3.54. The van der Waals surface area contributed by atoms with Crippen LogP contribution in [0.5, 0.6) is 0 Å². The second kappa shape index (κ2) is 7.59. The minimum atomic E-state index is -3.54. The van der Waals surface area contributed by atoms with Gasteiger partial charge in [-0.1, -0.05) is 30.2 Å². The molecule has 1 aromatic carbocycles. The molecular weight excluding hydrogens is 362 g/mol. The zero-order valence-electron chi connectivity index (χ0n) is 13.7. The number of halogens is 1. The summed E-state index contributed by atoms with van der Waals surface area (Å²) < 4.78 is 26.7. The molecule has 0 atom stereocenters. The molecule has 0 saturated carbocycles. The van der Waals surface area contributed by atoms with Crippen molar-refractivity contribution in [1.82, 2.24) is 14.6 Å². The summed E-state index contributed by atoms with van der Waals surface area (Å²) in [5, 5.41) is 3.39. The Balaban J connectivity index is 1.65. The number of nitrogens with zero attached hydrogens (tertiary/aromatic N) is 1. The van der Waals surface area contributed by atoms with E-state index in [1.165, 1.54) is 16.6 Å². The van der Waals surface area contributed by atoms with E-state index in [1.807, 2.05) is 12.1 Å². The lowest BCUT2D eigenvalue weighted by atomic mass is 10.2. The van der Waals surface area contributed by atoms with Crippen molar-refractivity contribution in [3.8, 4) is 0 Å². The van der Waals surface area contributed by atoms with Crippen LogP contribution in [0.4, 0.5) is 0 Å². The topological polar surface area (TPSA) is 82.3 Å².